The second-order valence-corrected chi connectivity index (χ2v) is 9.09. The van der Waals surface area contributed by atoms with E-state index >= 15 is 0 Å². The zero-order valence-electron chi connectivity index (χ0n) is 21.8. The van der Waals surface area contributed by atoms with Crippen LogP contribution in [0.1, 0.15) is 29.2 Å². The number of hydrogen-bond acceptors (Lipinski definition) is 4. The van der Waals surface area contributed by atoms with E-state index in [1.54, 1.807) is 6.07 Å². The molecule has 0 aliphatic carbocycles. The summed E-state index contributed by atoms with van der Waals surface area (Å²) in [5, 5.41) is 6.09. The molecule has 0 spiro atoms. The Morgan fingerprint density at radius 3 is 2.42 bits per heavy atom. The van der Waals surface area contributed by atoms with Crippen LogP contribution in [0.2, 0.25) is 0 Å². The lowest BCUT2D eigenvalue weighted by molar-refractivity contribution is -0.118. The summed E-state index contributed by atoms with van der Waals surface area (Å²) < 4.78 is 26.0. The van der Waals surface area contributed by atoms with E-state index in [0.29, 0.717) is 37.7 Å². The van der Waals surface area contributed by atoms with Crippen molar-refractivity contribution in [3.05, 3.63) is 119 Å². The van der Waals surface area contributed by atoms with E-state index < -0.39 is 0 Å². The molecule has 6 heteroatoms. The Hall–Kier alpha value is -4.16. The summed E-state index contributed by atoms with van der Waals surface area (Å²) >= 11 is 0. The van der Waals surface area contributed by atoms with Crippen LogP contribution in [0.3, 0.4) is 0 Å². The summed E-state index contributed by atoms with van der Waals surface area (Å²) in [5.74, 6) is 0.993. The quantitative estimate of drug-likeness (QED) is 0.223. The zero-order chi connectivity index (χ0) is 26.7. The van der Waals surface area contributed by atoms with Gasteiger partial charge in [-0.15, -0.1) is 0 Å². The third-order valence-electron chi connectivity index (χ3n) is 6.24. The van der Waals surface area contributed by atoms with Gasteiger partial charge in [-0.3, -0.25) is 4.79 Å². The Bertz CT molecular complexity index is 1360. The van der Waals surface area contributed by atoms with Crippen molar-refractivity contribution in [2.75, 3.05) is 13.1 Å². The molecule has 0 unspecified atom stereocenters. The minimum Gasteiger partial charge on any atom is -0.489 e. The second kappa shape index (κ2) is 13.4. The van der Waals surface area contributed by atoms with Crippen molar-refractivity contribution in [3.8, 4) is 22.6 Å². The maximum Gasteiger partial charge on any atom is 0.216 e. The minimum atomic E-state index is -0.295. The van der Waals surface area contributed by atoms with Gasteiger partial charge in [0.15, 0.2) is 0 Å². The number of ether oxygens (including phenoxy) is 2. The highest BCUT2D eigenvalue weighted by Gasteiger charge is 2.10. The summed E-state index contributed by atoms with van der Waals surface area (Å²) in [6.07, 6.45) is 0. The van der Waals surface area contributed by atoms with E-state index in [-0.39, 0.29) is 18.3 Å². The van der Waals surface area contributed by atoms with E-state index in [1.165, 1.54) is 35.7 Å². The Labute approximate surface area is 223 Å². The molecule has 2 N–H and O–H groups in total. The molecule has 0 aliphatic heterocycles. The van der Waals surface area contributed by atoms with Crippen LogP contribution in [0.25, 0.3) is 11.1 Å². The molecule has 0 atom stereocenters. The van der Waals surface area contributed by atoms with Crippen LogP contribution in [0.4, 0.5) is 4.39 Å². The van der Waals surface area contributed by atoms with Gasteiger partial charge in [0.25, 0.3) is 0 Å². The highest BCUT2D eigenvalue weighted by Crippen LogP contribution is 2.29. The molecular weight excluding hydrogens is 479 g/mol. The molecule has 1 amide bonds. The van der Waals surface area contributed by atoms with Gasteiger partial charge in [-0.05, 0) is 52.9 Å². The van der Waals surface area contributed by atoms with E-state index in [9.17, 15) is 9.18 Å². The Morgan fingerprint density at radius 1 is 0.816 bits per heavy atom. The van der Waals surface area contributed by atoms with Gasteiger partial charge in [-0.1, -0.05) is 66.7 Å². The number of benzene rings is 4. The van der Waals surface area contributed by atoms with Gasteiger partial charge in [-0.2, -0.15) is 0 Å². The molecular formula is C32H33FN2O3. The van der Waals surface area contributed by atoms with Crippen LogP contribution in [0.15, 0.2) is 91.0 Å². The van der Waals surface area contributed by atoms with Crippen molar-refractivity contribution in [1.29, 1.82) is 0 Å². The van der Waals surface area contributed by atoms with Crippen LogP contribution in [-0.4, -0.2) is 19.0 Å². The molecule has 0 saturated heterocycles. The Morgan fingerprint density at radius 2 is 1.63 bits per heavy atom. The lowest BCUT2D eigenvalue weighted by Gasteiger charge is -2.16. The minimum absolute atomic E-state index is 0.0584. The van der Waals surface area contributed by atoms with E-state index in [0.717, 1.165) is 16.7 Å². The third kappa shape index (κ3) is 7.67. The van der Waals surface area contributed by atoms with Crippen molar-refractivity contribution in [2.24, 2.45) is 0 Å². The number of amides is 1. The molecule has 0 aliphatic rings. The maximum atomic E-state index is 13.6. The second-order valence-electron chi connectivity index (χ2n) is 9.09. The monoisotopic (exact) mass is 512 g/mol. The van der Waals surface area contributed by atoms with E-state index in [1.807, 2.05) is 42.5 Å². The largest absolute Gasteiger partial charge is 0.489 e. The van der Waals surface area contributed by atoms with Gasteiger partial charge >= 0.3 is 0 Å². The number of halogens is 1. The molecule has 5 nitrogen and oxygen atoms in total. The van der Waals surface area contributed by atoms with Gasteiger partial charge in [-0.25, -0.2) is 4.39 Å². The fourth-order valence-electron chi connectivity index (χ4n) is 4.17. The molecule has 0 heterocycles. The smallest absolute Gasteiger partial charge is 0.216 e. The molecule has 0 saturated carbocycles. The molecule has 0 radical (unpaired) electrons. The first kappa shape index (κ1) is 26.9. The van der Waals surface area contributed by atoms with Gasteiger partial charge in [0, 0.05) is 38.2 Å². The van der Waals surface area contributed by atoms with Gasteiger partial charge in [0.1, 0.15) is 30.5 Å². The van der Waals surface area contributed by atoms with Crippen molar-refractivity contribution in [2.45, 2.75) is 33.6 Å². The third-order valence-corrected chi connectivity index (χ3v) is 6.24. The van der Waals surface area contributed by atoms with Crippen molar-refractivity contribution in [1.82, 2.24) is 10.6 Å². The van der Waals surface area contributed by atoms with Crippen LogP contribution < -0.4 is 20.1 Å². The van der Waals surface area contributed by atoms with Crippen molar-refractivity contribution < 1.29 is 18.7 Å². The highest BCUT2D eigenvalue weighted by atomic mass is 19.1. The summed E-state index contributed by atoms with van der Waals surface area (Å²) in [4.78, 5) is 11.1. The van der Waals surface area contributed by atoms with Gasteiger partial charge < -0.3 is 20.1 Å². The molecule has 196 valence electrons. The number of carbonyl (C=O) groups is 1. The fraction of sp³-hybridized carbons (Fsp3) is 0.219. The van der Waals surface area contributed by atoms with Gasteiger partial charge in [0.05, 0.1) is 0 Å². The predicted octanol–water partition coefficient (Wildman–Crippen LogP) is 6.18. The lowest BCUT2D eigenvalue weighted by Crippen LogP contribution is -2.30. The Balaban J connectivity index is 1.47. The van der Waals surface area contributed by atoms with Crippen LogP contribution in [0, 0.1) is 12.7 Å². The first-order valence-electron chi connectivity index (χ1n) is 12.7. The van der Waals surface area contributed by atoms with Crippen molar-refractivity contribution in [3.63, 3.8) is 0 Å². The summed E-state index contributed by atoms with van der Waals surface area (Å²) in [5.41, 5.74) is 6.34. The first-order chi connectivity index (χ1) is 18.5. The maximum absolute atomic E-state index is 13.6. The molecule has 4 rings (SSSR count). The normalized spacial score (nSPS) is 10.7. The number of hydrogen-bond donors (Lipinski definition) is 2. The van der Waals surface area contributed by atoms with Crippen molar-refractivity contribution >= 4 is 5.91 Å². The summed E-state index contributed by atoms with van der Waals surface area (Å²) in [6.45, 7) is 5.98. The topological polar surface area (TPSA) is 59.6 Å². The molecule has 0 aromatic heterocycles. The summed E-state index contributed by atoms with van der Waals surface area (Å²) in [7, 11) is 0. The standard InChI is InChI=1S/C32H33FN2O3/c1-23-28(11-7-13-31(23)26-9-4-3-5-10-26)22-37-30-15-14-27(20-34-16-17-35-24(2)36)32(19-30)38-21-25-8-6-12-29(33)18-25/h3-15,18-19,34H,16-17,20-22H2,1-2H3,(H,35,36). The fourth-order valence-corrected chi connectivity index (χ4v) is 4.17. The predicted molar refractivity (Wildman–Crippen MR) is 149 cm³/mol. The van der Waals surface area contributed by atoms with Crippen LogP contribution >= 0.6 is 0 Å². The van der Waals surface area contributed by atoms with E-state index in [4.69, 9.17) is 9.47 Å². The van der Waals surface area contributed by atoms with Crippen LogP contribution in [-0.2, 0) is 24.6 Å². The van der Waals surface area contributed by atoms with Crippen LogP contribution in [0.5, 0.6) is 11.5 Å². The zero-order valence-corrected chi connectivity index (χ0v) is 21.8. The number of carbonyl (C=O) groups excluding carboxylic acids is 1. The number of rotatable bonds is 12. The number of nitrogens with one attached hydrogen (secondary N) is 2. The SMILES string of the molecule is CC(=O)NCCNCc1ccc(OCc2cccc(-c3ccccc3)c2C)cc1OCc1cccc(F)c1. The Kier molecular flexibility index (Phi) is 9.48. The summed E-state index contributed by atoms with van der Waals surface area (Å²) in [6, 6.07) is 28.7. The molecule has 4 aromatic carbocycles. The molecule has 4 aromatic rings. The van der Waals surface area contributed by atoms with E-state index in [2.05, 4.69) is 47.9 Å². The average molecular weight is 513 g/mol. The average Bonchev–Trinajstić information content (AvgIpc) is 2.92. The highest BCUT2D eigenvalue weighted by molar-refractivity contribution is 5.72. The molecule has 0 bridgehead atoms. The molecule has 38 heavy (non-hydrogen) atoms. The lowest BCUT2D eigenvalue weighted by atomic mass is 9.97. The first-order valence-corrected chi connectivity index (χ1v) is 12.7. The van der Waals surface area contributed by atoms with Gasteiger partial charge in [0.2, 0.25) is 5.91 Å². The molecule has 0 fully saturated rings.